The van der Waals surface area contributed by atoms with Crippen molar-refractivity contribution in [2.45, 2.75) is 39.4 Å². The first kappa shape index (κ1) is 17.6. The number of benzene rings is 1. The van der Waals surface area contributed by atoms with Crippen LogP contribution in [-0.2, 0) is 18.6 Å². The Morgan fingerprint density at radius 2 is 1.86 bits per heavy atom. The van der Waals surface area contributed by atoms with Gasteiger partial charge in [-0.05, 0) is 26.0 Å². The van der Waals surface area contributed by atoms with E-state index in [1.165, 1.54) is 5.56 Å². The minimum absolute atomic E-state index is 0. The summed E-state index contributed by atoms with van der Waals surface area (Å²) in [6.07, 6.45) is 0. The van der Waals surface area contributed by atoms with Gasteiger partial charge in [-0.2, -0.15) is 4.98 Å². The van der Waals surface area contributed by atoms with Crippen LogP contribution < -0.4 is 5.73 Å². The largest absolute Gasteiger partial charge is 0.338 e. The molecule has 5 nitrogen and oxygen atoms in total. The zero-order valence-corrected chi connectivity index (χ0v) is 13.6. The average Bonchev–Trinajstić information content (AvgIpc) is 2.87. The van der Waals surface area contributed by atoms with Gasteiger partial charge in [-0.3, -0.25) is 4.90 Å². The van der Waals surface area contributed by atoms with Crippen molar-refractivity contribution in [1.29, 1.82) is 0 Å². The van der Waals surface area contributed by atoms with Crippen molar-refractivity contribution >= 4 is 12.4 Å². The lowest BCUT2D eigenvalue weighted by molar-refractivity contribution is 0.228. The van der Waals surface area contributed by atoms with E-state index in [-0.39, 0.29) is 12.4 Å². The Kier molecular flexibility index (Phi) is 6.33. The van der Waals surface area contributed by atoms with E-state index < -0.39 is 5.54 Å². The molecule has 2 N–H and O–H groups in total. The molecule has 0 amide bonds. The summed E-state index contributed by atoms with van der Waals surface area (Å²) in [6, 6.07) is 10.3. The number of rotatable bonds is 6. The van der Waals surface area contributed by atoms with Crippen LogP contribution in [0.4, 0.5) is 0 Å². The van der Waals surface area contributed by atoms with Gasteiger partial charge in [-0.15, -0.1) is 12.4 Å². The smallest absolute Gasteiger partial charge is 0.240 e. The highest BCUT2D eigenvalue weighted by molar-refractivity contribution is 5.85. The van der Waals surface area contributed by atoms with Gasteiger partial charge < -0.3 is 10.3 Å². The van der Waals surface area contributed by atoms with E-state index in [1.54, 1.807) is 0 Å². The van der Waals surface area contributed by atoms with Crippen LogP contribution in [0.25, 0.3) is 0 Å². The third kappa shape index (κ3) is 5.12. The molecule has 0 saturated carbocycles. The number of hydrogen-bond acceptors (Lipinski definition) is 5. The number of nitrogens with two attached hydrogens (primary N) is 1. The first-order valence-corrected chi connectivity index (χ1v) is 6.87. The van der Waals surface area contributed by atoms with Crippen molar-refractivity contribution in [3.05, 3.63) is 47.6 Å². The minimum atomic E-state index is -0.571. The van der Waals surface area contributed by atoms with Gasteiger partial charge in [0.05, 0.1) is 12.1 Å². The lowest BCUT2D eigenvalue weighted by atomic mass is 10.1. The molecular formula is C15H23ClN4O. The normalized spacial score (nSPS) is 11.5. The van der Waals surface area contributed by atoms with E-state index in [1.807, 2.05) is 32.0 Å². The monoisotopic (exact) mass is 310 g/mol. The second-order valence-electron chi connectivity index (χ2n) is 5.52. The Hall–Kier alpha value is -1.43. The van der Waals surface area contributed by atoms with Crippen LogP contribution in [0.2, 0.25) is 0 Å². The van der Waals surface area contributed by atoms with Crippen LogP contribution in [0, 0.1) is 0 Å². The van der Waals surface area contributed by atoms with E-state index in [2.05, 4.69) is 34.1 Å². The highest BCUT2D eigenvalue weighted by Crippen LogP contribution is 2.14. The summed E-state index contributed by atoms with van der Waals surface area (Å²) in [6.45, 7) is 8.26. The lowest BCUT2D eigenvalue weighted by Crippen LogP contribution is -2.30. The molecule has 1 heterocycles. The fourth-order valence-electron chi connectivity index (χ4n) is 1.89. The SMILES string of the molecule is CCN(Cc1ccccc1)Cc1nc(C(C)(C)N)no1.Cl. The molecule has 0 radical (unpaired) electrons. The molecule has 0 aliphatic carbocycles. The molecule has 0 aliphatic heterocycles. The van der Waals surface area contributed by atoms with Crippen molar-refractivity contribution in [3.8, 4) is 0 Å². The maximum Gasteiger partial charge on any atom is 0.240 e. The Bertz CT molecular complexity index is 536. The summed E-state index contributed by atoms with van der Waals surface area (Å²) in [7, 11) is 0. The van der Waals surface area contributed by atoms with Gasteiger partial charge >= 0.3 is 0 Å². The van der Waals surface area contributed by atoms with E-state index >= 15 is 0 Å². The number of nitrogens with zero attached hydrogens (tertiary/aromatic N) is 3. The molecule has 0 unspecified atom stereocenters. The standard InChI is InChI=1S/C15H22N4O.ClH/c1-4-19(10-12-8-6-5-7-9-12)11-13-17-14(18-20-13)15(2,3)16;/h5-9H,4,10-11,16H2,1-3H3;1H. The van der Waals surface area contributed by atoms with Crippen molar-refractivity contribution in [1.82, 2.24) is 15.0 Å². The molecule has 1 aromatic heterocycles. The first-order chi connectivity index (χ1) is 9.49. The Morgan fingerprint density at radius 3 is 2.38 bits per heavy atom. The van der Waals surface area contributed by atoms with Crippen LogP contribution in [0.1, 0.15) is 38.0 Å². The summed E-state index contributed by atoms with van der Waals surface area (Å²) < 4.78 is 5.28. The van der Waals surface area contributed by atoms with E-state index in [0.29, 0.717) is 18.3 Å². The second kappa shape index (κ2) is 7.54. The molecule has 1 aromatic carbocycles. The molecule has 0 saturated heterocycles. The van der Waals surface area contributed by atoms with Gasteiger partial charge in [0.2, 0.25) is 5.89 Å². The quantitative estimate of drug-likeness (QED) is 0.888. The summed E-state index contributed by atoms with van der Waals surface area (Å²) in [5.41, 5.74) is 6.66. The van der Waals surface area contributed by atoms with E-state index in [4.69, 9.17) is 10.3 Å². The number of halogens is 1. The van der Waals surface area contributed by atoms with Crippen LogP contribution in [0.3, 0.4) is 0 Å². The number of hydrogen-bond donors (Lipinski definition) is 1. The molecule has 2 rings (SSSR count). The molecule has 0 spiro atoms. The fourth-order valence-corrected chi connectivity index (χ4v) is 1.89. The molecule has 0 bridgehead atoms. The van der Waals surface area contributed by atoms with Crippen molar-refractivity contribution in [2.24, 2.45) is 5.73 Å². The minimum Gasteiger partial charge on any atom is -0.338 e. The third-order valence-corrected chi connectivity index (χ3v) is 3.10. The van der Waals surface area contributed by atoms with Crippen molar-refractivity contribution in [3.63, 3.8) is 0 Å². The molecule has 21 heavy (non-hydrogen) atoms. The van der Waals surface area contributed by atoms with Crippen LogP contribution in [0.5, 0.6) is 0 Å². The third-order valence-electron chi connectivity index (χ3n) is 3.10. The highest BCUT2D eigenvalue weighted by atomic mass is 35.5. The van der Waals surface area contributed by atoms with E-state index in [9.17, 15) is 0 Å². The van der Waals surface area contributed by atoms with Crippen molar-refractivity contribution < 1.29 is 4.52 Å². The maximum absolute atomic E-state index is 5.96. The second-order valence-corrected chi connectivity index (χ2v) is 5.52. The molecule has 6 heteroatoms. The van der Waals surface area contributed by atoms with Gasteiger partial charge in [0.25, 0.3) is 0 Å². The van der Waals surface area contributed by atoms with Crippen LogP contribution in [-0.4, -0.2) is 21.6 Å². The summed E-state index contributed by atoms with van der Waals surface area (Å²) >= 11 is 0. The molecule has 0 atom stereocenters. The molecule has 0 aliphatic rings. The molecule has 0 fully saturated rings. The fraction of sp³-hybridized carbons (Fsp3) is 0.467. The van der Waals surface area contributed by atoms with Gasteiger partial charge in [-0.1, -0.05) is 42.4 Å². The predicted octanol–water partition coefficient (Wildman–Crippen LogP) is 2.71. The topological polar surface area (TPSA) is 68.2 Å². The predicted molar refractivity (Wildman–Crippen MR) is 85.0 cm³/mol. The molecule has 116 valence electrons. The lowest BCUT2D eigenvalue weighted by Gasteiger charge is -2.18. The Balaban J connectivity index is 0.00000220. The van der Waals surface area contributed by atoms with Gasteiger partial charge in [-0.25, -0.2) is 0 Å². The summed E-state index contributed by atoms with van der Waals surface area (Å²) in [4.78, 5) is 6.61. The van der Waals surface area contributed by atoms with Gasteiger partial charge in [0, 0.05) is 6.54 Å². The van der Waals surface area contributed by atoms with Crippen LogP contribution >= 0.6 is 12.4 Å². The zero-order valence-electron chi connectivity index (χ0n) is 12.7. The molecule has 2 aromatic rings. The van der Waals surface area contributed by atoms with Gasteiger partial charge in [0.1, 0.15) is 0 Å². The Labute approximate surface area is 131 Å². The maximum atomic E-state index is 5.96. The Morgan fingerprint density at radius 1 is 1.19 bits per heavy atom. The van der Waals surface area contributed by atoms with Gasteiger partial charge in [0.15, 0.2) is 5.82 Å². The zero-order chi connectivity index (χ0) is 14.6. The first-order valence-electron chi connectivity index (χ1n) is 6.87. The summed E-state index contributed by atoms with van der Waals surface area (Å²) in [5.74, 6) is 1.15. The van der Waals surface area contributed by atoms with Crippen molar-refractivity contribution in [2.75, 3.05) is 6.54 Å². The number of aromatic nitrogens is 2. The highest BCUT2D eigenvalue weighted by Gasteiger charge is 2.22. The summed E-state index contributed by atoms with van der Waals surface area (Å²) in [5, 5.41) is 3.94. The average molecular weight is 311 g/mol. The van der Waals surface area contributed by atoms with E-state index in [0.717, 1.165) is 13.1 Å². The molecular weight excluding hydrogens is 288 g/mol. The van der Waals surface area contributed by atoms with Crippen LogP contribution in [0.15, 0.2) is 34.9 Å².